The molecule has 2 nitrogen and oxygen atoms in total. The van der Waals surface area contributed by atoms with Crippen molar-refractivity contribution in [3.63, 3.8) is 0 Å². The summed E-state index contributed by atoms with van der Waals surface area (Å²) in [7, 11) is 0. The minimum absolute atomic E-state index is 0.0994. The fourth-order valence-corrected chi connectivity index (χ4v) is 1.17. The first-order valence-corrected chi connectivity index (χ1v) is 4.13. The molecule has 0 saturated heterocycles. The highest BCUT2D eigenvalue weighted by Crippen LogP contribution is 2.26. The van der Waals surface area contributed by atoms with Crippen molar-refractivity contribution < 1.29 is 14.3 Å². The molecule has 0 spiro atoms. The molecular weight excluding hydrogens is 195 g/mol. The van der Waals surface area contributed by atoms with Crippen molar-refractivity contribution in [2.24, 2.45) is 0 Å². The zero-order chi connectivity index (χ0) is 9.84. The van der Waals surface area contributed by atoms with Gasteiger partial charge < -0.3 is 9.90 Å². The van der Waals surface area contributed by atoms with E-state index in [0.29, 0.717) is 18.3 Å². The Bertz CT molecular complexity index is 326. The van der Waals surface area contributed by atoms with Crippen LogP contribution >= 0.6 is 11.6 Å². The van der Waals surface area contributed by atoms with Crippen LogP contribution in [0.4, 0.5) is 4.39 Å². The smallest absolute Gasteiger partial charge is 0.137 e. The number of rotatable bonds is 3. The van der Waals surface area contributed by atoms with Crippen molar-refractivity contribution in [3.8, 4) is 5.75 Å². The van der Waals surface area contributed by atoms with E-state index in [1.54, 1.807) is 0 Å². The van der Waals surface area contributed by atoms with Gasteiger partial charge in [0.2, 0.25) is 0 Å². The third-order valence-electron chi connectivity index (χ3n) is 1.65. The van der Waals surface area contributed by atoms with Gasteiger partial charge in [-0.2, -0.15) is 0 Å². The number of aryl methyl sites for hydroxylation is 1. The number of carbonyl (C=O) groups excluding carboxylic acids is 1. The number of phenols is 1. The number of carbonyl (C=O) groups is 1. The molecule has 0 bridgehead atoms. The molecule has 0 atom stereocenters. The summed E-state index contributed by atoms with van der Waals surface area (Å²) in [6, 6.07) is 2.28. The van der Waals surface area contributed by atoms with Crippen LogP contribution < -0.4 is 0 Å². The van der Waals surface area contributed by atoms with E-state index in [4.69, 9.17) is 16.7 Å². The Kier molecular flexibility index (Phi) is 3.25. The number of aldehydes is 1. The Morgan fingerprint density at radius 1 is 1.54 bits per heavy atom. The molecule has 0 aliphatic heterocycles. The van der Waals surface area contributed by atoms with E-state index in [-0.39, 0.29) is 17.2 Å². The van der Waals surface area contributed by atoms with E-state index < -0.39 is 5.82 Å². The lowest BCUT2D eigenvalue weighted by Crippen LogP contribution is -1.91. The maximum Gasteiger partial charge on any atom is 0.137 e. The van der Waals surface area contributed by atoms with Crippen LogP contribution in [0.3, 0.4) is 0 Å². The summed E-state index contributed by atoms with van der Waals surface area (Å²) in [5, 5.41) is 9.11. The highest BCUT2D eigenvalue weighted by Gasteiger charge is 2.06. The first-order valence-electron chi connectivity index (χ1n) is 3.75. The standard InChI is InChI=1S/C9H8ClFO2/c10-7-4-6(2-1-3-12)8(11)5-9(7)13/h3-5,13H,1-2H2. The summed E-state index contributed by atoms with van der Waals surface area (Å²) in [4.78, 5) is 10.0. The van der Waals surface area contributed by atoms with Crippen molar-refractivity contribution in [1.82, 2.24) is 0 Å². The van der Waals surface area contributed by atoms with Gasteiger partial charge in [-0.3, -0.25) is 0 Å². The topological polar surface area (TPSA) is 37.3 Å². The van der Waals surface area contributed by atoms with Gasteiger partial charge >= 0.3 is 0 Å². The first-order chi connectivity index (χ1) is 6.15. The highest BCUT2D eigenvalue weighted by atomic mass is 35.5. The number of phenolic OH excluding ortho intramolecular Hbond substituents is 1. The second-order valence-electron chi connectivity index (χ2n) is 2.60. The fourth-order valence-electron chi connectivity index (χ4n) is 0.984. The lowest BCUT2D eigenvalue weighted by molar-refractivity contribution is -0.107. The molecule has 0 saturated carbocycles. The van der Waals surface area contributed by atoms with Crippen LogP contribution in [0.2, 0.25) is 5.02 Å². The van der Waals surface area contributed by atoms with Crippen LogP contribution in [0.5, 0.6) is 5.75 Å². The van der Waals surface area contributed by atoms with E-state index in [1.165, 1.54) is 6.07 Å². The van der Waals surface area contributed by atoms with Gasteiger partial charge in [-0.1, -0.05) is 11.6 Å². The summed E-state index contributed by atoms with van der Waals surface area (Å²) >= 11 is 5.56. The average molecular weight is 203 g/mol. The number of benzene rings is 1. The zero-order valence-electron chi connectivity index (χ0n) is 6.76. The molecule has 0 radical (unpaired) electrons. The monoisotopic (exact) mass is 202 g/mol. The van der Waals surface area contributed by atoms with Gasteiger partial charge in [0.05, 0.1) is 5.02 Å². The van der Waals surface area contributed by atoms with Gasteiger partial charge in [-0.05, 0) is 18.1 Å². The SMILES string of the molecule is O=CCCc1cc(Cl)c(O)cc1F. The number of halogens is 2. The summed E-state index contributed by atoms with van der Waals surface area (Å²) in [5.41, 5.74) is 0.343. The van der Waals surface area contributed by atoms with E-state index in [1.807, 2.05) is 0 Å². The summed E-state index contributed by atoms with van der Waals surface area (Å²) < 4.78 is 13.0. The first kappa shape index (κ1) is 9.99. The maximum absolute atomic E-state index is 13.0. The van der Waals surface area contributed by atoms with Crippen molar-refractivity contribution in [1.29, 1.82) is 0 Å². The molecule has 0 amide bonds. The molecule has 0 fully saturated rings. The average Bonchev–Trinajstić information content (AvgIpc) is 2.09. The molecule has 0 aliphatic rings. The van der Waals surface area contributed by atoms with Crippen LogP contribution in [0.15, 0.2) is 12.1 Å². The Morgan fingerprint density at radius 2 is 2.23 bits per heavy atom. The van der Waals surface area contributed by atoms with Crippen LogP contribution in [0.1, 0.15) is 12.0 Å². The third kappa shape index (κ3) is 2.42. The van der Waals surface area contributed by atoms with E-state index in [9.17, 15) is 9.18 Å². The molecular formula is C9H8ClFO2. The van der Waals surface area contributed by atoms with Crippen LogP contribution in [-0.4, -0.2) is 11.4 Å². The quantitative estimate of drug-likeness (QED) is 0.764. The van der Waals surface area contributed by atoms with Crippen molar-refractivity contribution in [2.45, 2.75) is 12.8 Å². The van der Waals surface area contributed by atoms with Gasteiger partial charge in [0.15, 0.2) is 0 Å². The van der Waals surface area contributed by atoms with E-state index in [2.05, 4.69) is 0 Å². The molecule has 13 heavy (non-hydrogen) atoms. The Labute approximate surface area is 80.0 Å². The van der Waals surface area contributed by atoms with Crippen LogP contribution in [0.25, 0.3) is 0 Å². The Balaban J connectivity index is 2.94. The molecule has 0 heterocycles. The van der Waals surface area contributed by atoms with Gasteiger partial charge in [-0.15, -0.1) is 0 Å². The molecule has 70 valence electrons. The van der Waals surface area contributed by atoms with E-state index in [0.717, 1.165) is 6.07 Å². The third-order valence-corrected chi connectivity index (χ3v) is 1.95. The van der Waals surface area contributed by atoms with Crippen molar-refractivity contribution in [2.75, 3.05) is 0 Å². The maximum atomic E-state index is 13.0. The van der Waals surface area contributed by atoms with Crippen molar-refractivity contribution >= 4 is 17.9 Å². The fraction of sp³-hybridized carbons (Fsp3) is 0.222. The number of hydrogen-bond acceptors (Lipinski definition) is 2. The van der Waals surface area contributed by atoms with E-state index >= 15 is 0 Å². The zero-order valence-corrected chi connectivity index (χ0v) is 7.51. The Hall–Kier alpha value is -1.09. The summed E-state index contributed by atoms with van der Waals surface area (Å²) in [5.74, 6) is -0.822. The molecule has 1 rings (SSSR count). The second kappa shape index (κ2) is 4.23. The molecule has 0 aliphatic carbocycles. The predicted octanol–water partition coefficient (Wildman–Crippen LogP) is 2.32. The lowest BCUT2D eigenvalue weighted by atomic mass is 10.1. The normalized spacial score (nSPS) is 10.0. The molecule has 0 unspecified atom stereocenters. The lowest BCUT2D eigenvalue weighted by Gasteiger charge is -2.02. The molecule has 0 aromatic heterocycles. The largest absolute Gasteiger partial charge is 0.506 e. The molecule has 4 heteroatoms. The predicted molar refractivity (Wildman–Crippen MR) is 47.5 cm³/mol. The highest BCUT2D eigenvalue weighted by molar-refractivity contribution is 6.32. The summed E-state index contributed by atoms with van der Waals surface area (Å²) in [6.07, 6.45) is 1.26. The molecule has 1 N–H and O–H groups in total. The van der Waals surface area contributed by atoms with Crippen molar-refractivity contribution in [3.05, 3.63) is 28.5 Å². The van der Waals surface area contributed by atoms with Crippen LogP contribution in [-0.2, 0) is 11.2 Å². The van der Waals surface area contributed by atoms with Gasteiger partial charge in [0.25, 0.3) is 0 Å². The number of aromatic hydroxyl groups is 1. The number of hydrogen-bond donors (Lipinski definition) is 1. The molecule has 1 aromatic carbocycles. The van der Waals surface area contributed by atoms with Gasteiger partial charge in [-0.25, -0.2) is 4.39 Å². The Morgan fingerprint density at radius 3 is 2.85 bits per heavy atom. The second-order valence-corrected chi connectivity index (χ2v) is 3.01. The van der Waals surface area contributed by atoms with Gasteiger partial charge in [0, 0.05) is 12.5 Å². The molecule has 1 aromatic rings. The van der Waals surface area contributed by atoms with Gasteiger partial charge in [0.1, 0.15) is 17.9 Å². The minimum Gasteiger partial charge on any atom is -0.506 e. The summed E-state index contributed by atoms with van der Waals surface area (Å²) in [6.45, 7) is 0. The van der Waals surface area contributed by atoms with Crippen LogP contribution in [0, 0.1) is 5.82 Å². The minimum atomic E-state index is -0.538.